The minimum atomic E-state index is -2.47. The van der Waals surface area contributed by atoms with Crippen LogP contribution in [0.15, 0.2) is 0 Å². The summed E-state index contributed by atoms with van der Waals surface area (Å²) in [5, 5.41) is 4.60. The molecule has 0 atom stereocenters. The Morgan fingerprint density at radius 3 is 2.70 bits per heavy atom. The standard InChI is InChI=1S/C23H32F2N4O2S2/c1-14-20(32-15(2)26-14)11-22(30)27-17-5-3-16(4-6-17)7-9-29-10-8-19-18(12-29)28-23(33-19)31-13-21(24)25/h16-17,21H,3-13H2,1-2H3,(H,27,30)/t16-,17-. The molecular weight excluding hydrogens is 466 g/mol. The van der Waals surface area contributed by atoms with Gasteiger partial charge in [0, 0.05) is 28.9 Å². The lowest BCUT2D eigenvalue weighted by atomic mass is 9.84. The third-order valence-corrected chi connectivity index (χ3v) is 8.65. The van der Waals surface area contributed by atoms with Gasteiger partial charge in [-0.3, -0.25) is 9.69 Å². The fourth-order valence-corrected chi connectivity index (χ4v) is 6.59. The smallest absolute Gasteiger partial charge is 0.273 e. The van der Waals surface area contributed by atoms with Gasteiger partial charge in [0.05, 0.1) is 22.8 Å². The van der Waals surface area contributed by atoms with E-state index in [0.717, 1.165) is 84.3 Å². The summed E-state index contributed by atoms with van der Waals surface area (Å²) in [6.45, 7) is 6.12. The van der Waals surface area contributed by atoms with E-state index in [-0.39, 0.29) is 11.9 Å². The van der Waals surface area contributed by atoms with Gasteiger partial charge >= 0.3 is 0 Å². The highest BCUT2D eigenvalue weighted by molar-refractivity contribution is 7.13. The van der Waals surface area contributed by atoms with E-state index in [1.165, 1.54) is 11.3 Å². The van der Waals surface area contributed by atoms with Gasteiger partial charge in [-0.15, -0.1) is 11.3 Å². The first-order valence-electron chi connectivity index (χ1n) is 11.7. The number of fused-ring (bicyclic) bond motifs is 1. The molecule has 2 aliphatic rings. The first-order chi connectivity index (χ1) is 15.9. The molecule has 0 spiro atoms. The number of ether oxygens (including phenoxy) is 1. The molecule has 6 nitrogen and oxygen atoms in total. The summed E-state index contributed by atoms with van der Waals surface area (Å²) in [6.07, 6.45) is 4.38. The maximum absolute atomic E-state index is 12.4. The van der Waals surface area contributed by atoms with Crippen LogP contribution in [0.2, 0.25) is 0 Å². The molecule has 1 saturated carbocycles. The van der Waals surface area contributed by atoms with Gasteiger partial charge in [0.2, 0.25) is 5.91 Å². The Balaban J connectivity index is 1.15. The van der Waals surface area contributed by atoms with Crippen molar-refractivity contribution in [1.29, 1.82) is 0 Å². The predicted octanol–water partition coefficient (Wildman–Crippen LogP) is 4.53. The van der Waals surface area contributed by atoms with Crippen molar-refractivity contribution in [3.8, 4) is 5.19 Å². The molecule has 33 heavy (non-hydrogen) atoms. The SMILES string of the molecule is Cc1nc(C)c(CC(=O)N[C@H]2CC[C@H](CCN3CCc4sc(OCC(F)F)nc4C3)CC2)s1. The molecule has 10 heteroatoms. The number of rotatable bonds is 9. The van der Waals surface area contributed by atoms with Crippen LogP contribution in [-0.4, -0.2) is 52.9 Å². The number of nitrogens with zero attached hydrogens (tertiary/aromatic N) is 3. The van der Waals surface area contributed by atoms with E-state index in [0.29, 0.717) is 17.5 Å². The highest BCUT2D eigenvalue weighted by Crippen LogP contribution is 2.31. The molecule has 3 heterocycles. The Labute approximate surface area is 201 Å². The van der Waals surface area contributed by atoms with Crippen molar-refractivity contribution in [2.45, 2.75) is 77.8 Å². The first-order valence-corrected chi connectivity index (χ1v) is 13.3. The number of amides is 1. The number of hydrogen-bond acceptors (Lipinski definition) is 7. The van der Waals surface area contributed by atoms with Crippen LogP contribution >= 0.6 is 22.7 Å². The Morgan fingerprint density at radius 2 is 2.00 bits per heavy atom. The number of alkyl halides is 2. The Hall–Kier alpha value is -1.65. The van der Waals surface area contributed by atoms with Crippen molar-refractivity contribution >= 4 is 28.6 Å². The van der Waals surface area contributed by atoms with Crippen LogP contribution in [0.3, 0.4) is 0 Å². The van der Waals surface area contributed by atoms with Crippen molar-refractivity contribution in [1.82, 2.24) is 20.2 Å². The largest absolute Gasteiger partial charge is 0.464 e. The zero-order valence-electron chi connectivity index (χ0n) is 19.2. The monoisotopic (exact) mass is 498 g/mol. The maximum atomic E-state index is 12.4. The topological polar surface area (TPSA) is 67.4 Å². The molecule has 0 unspecified atom stereocenters. The number of carbonyl (C=O) groups excluding carboxylic acids is 1. The third-order valence-electron chi connectivity index (χ3n) is 6.51. The number of hydrogen-bond donors (Lipinski definition) is 1. The normalized spacial score (nSPS) is 21.2. The van der Waals surface area contributed by atoms with Crippen molar-refractivity contribution in [2.24, 2.45) is 5.92 Å². The molecular formula is C23H32F2N4O2S2. The molecule has 1 fully saturated rings. The molecule has 1 aliphatic carbocycles. The van der Waals surface area contributed by atoms with Crippen LogP contribution in [0.1, 0.15) is 58.3 Å². The van der Waals surface area contributed by atoms with Gasteiger partial charge in [0.25, 0.3) is 11.6 Å². The molecule has 182 valence electrons. The minimum Gasteiger partial charge on any atom is -0.464 e. The van der Waals surface area contributed by atoms with Crippen molar-refractivity contribution in [3.63, 3.8) is 0 Å². The summed E-state index contributed by atoms with van der Waals surface area (Å²) < 4.78 is 29.8. The number of nitrogens with one attached hydrogen (secondary N) is 1. The molecule has 2 aromatic rings. The number of aromatic nitrogens is 2. The van der Waals surface area contributed by atoms with Gasteiger partial charge < -0.3 is 10.1 Å². The average molecular weight is 499 g/mol. The van der Waals surface area contributed by atoms with Crippen LogP contribution < -0.4 is 10.1 Å². The molecule has 2 aromatic heterocycles. The fourth-order valence-electron chi connectivity index (χ4n) is 4.74. The first kappa shape index (κ1) is 24.5. The summed E-state index contributed by atoms with van der Waals surface area (Å²) in [6, 6.07) is 0.280. The van der Waals surface area contributed by atoms with Gasteiger partial charge in [0.15, 0.2) is 6.61 Å². The molecule has 0 saturated heterocycles. The van der Waals surface area contributed by atoms with Crippen molar-refractivity contribution < 1.29 is 18.3 Å². The summed E-state index contributed by atoms with van der Waals surface area (Å²) in [5.74, 6) is 0.792. The van der Waals surface area contributed by atoms with Crippen molar-refractivity contribution in [2.75, 3.05) is 19.7 Å². The van der Waals surface area contributed by atoms with E-state index in [1.54, 1.807) is 11.3 Å². The van der Waals surface area contributed by atoms with E-state index in [9.17, 15) is 13.6 Å². The zero-order valence-corrected chi connectivity index (χ0v) is 20.9. The number of thiazole rings is 2. The van der Waals surface area contributed by atoms with Crippen molar-refractivity contribution in [3.05, 3.63) is 26.1 Å². The quantitative estimate of drug-likeness (QED) is 0.550. The lowest BCUT2D eigenvalue weighted by Crippen LogP contribution is -2.39. The predicted molar refractivity (Wildman–Crippen MR) is 126 cm³/mol. The van der Waals surface area contributed by atoms with E-state index >= 15 is 0 Å². The Bertz CT molecular complexity index is 941. The second kappa shape index (κ2) is 11.2. The van der Waals surface area contributed by atoms with Crippen LogP contribution in [0, 0.1) is 19.8 Å². The van der Waals surface area contributed by atoms with E-state index in [4.69, 9.17) is 4.74 Å². The van der Waals surface area contributed by atoms with E-state index in [1.807, 2.05) is 13.8 Å². The van der Waals surface area contributed by atoms with E-state index < -0.39 is 13.0 Å². The fraction of sp³-hybridized carbons (Fsp3) is 0.696. The highest BCUT2D eigenvalue weighted by atomic mass is 32.1. The van der Waals surface area contributed by atoms with Crippen LogP contribution in [0.25, 0.3) is 0 Å². The number of carbonyl (C=O) groups is 1. The molecule has 1 N–H and O–H groups in total. The molecule has 0 bridgehead atoms. The average Bonchev–Trinajstić information content (AvgIpc) is 3.32. The second-order valence-electron chi connectivity index (χ2n) is 9.07. The number of halogens is 2. The molecule has 4 rings (SSSR count). The van der Waals surface area contributed by atoms with Crippen LogP contribution in [0.4, 0.5) is 8.78 Å². The van der Waals surface area contributed by atoms with Gasteiger partial charge in [-0.05, 0) is 64.8 Å². The van der Waals surface area contributed by atoms with Crippen LogP contribution in [0.5, 0.6) is 5.19 Å². The minimum absolute atomic E-state index is 0.106. The highest BCUT2D eigenvalue weighted by Gasteiger charge is 2.25. The van der Waals surface area contributed by atoms with Gasteiger partial charge in [-0.25, -0.2) is 18.7 Å². The van der Waals surface area contributed by atoms with Gasteiger partial charge in [0.1, 0.15) is 0 Å². The lowest BCUT2D eigenvalue weighted by Gasteiger charge is -2.32. The summed E-state index contributed by atoms with van der Waals surface area (Å²) in [7, 11) is 0. The van der Waals surface area contributed by atoms with Gasteiger partial charge in [-0.2, -0.15) is 0 Å². The molecule has 1 aliphatic heterocycles. The lowest BCUT2D eigenvalue weighted by molar-refractivity contribution is -0.121. The van der Waals surface area contributed by atoms with Gasteiger partial charge in [-0.1, -0.05) is 11.3 Å². The summed E-state index contributed by atoms with van der Waals surface area (Å²) in [4.78, 5) is 25.9. The maximum Gasteiger partial charge on any atom is 0.273 e. The number of aryl methyl sites for hydroxylation is 2. The second-order valence-corrected chi connectivity index (χ2v) is 11.4. The summed E-state index contributed by atoms with van der Waals surface area (Å²) in [5.41, 5.74) is 1.95. The Morgan fingerprint density at radius 1 is 1.21 bits per heavy atom. The molecule has 0 aromatic carbocycles. The zero-order chi connectivity index (χ0) is 23.4. The van der Waals surface area contributed by atoms with E-state index in [2.05, 4.69) is 20.2 Å². The summed E-state index contributed by atoms with van der Waals surface area (Å²) >= 11 is 3.01. The Kier molecular flexibility index (Phi) is 8.29. The molecule has 0 radical (unpaired) electrons. The van der Waals surface area contributed by atoms with Crippen LogP contribution in [-0.2, 0) is 24.2 Å². The molecule has 1 amide bonds. The third kappa shape index (κ3) is 6.93.